The smallest absolute Gasteiger partial charge is 0.192 e. The molecule has 158 valence electrons. The van der Waals surface area contributed by atoms with E-state index < -0.39 is 16.4 Å². The summed E-state index contributed by atoms with van der Waals surface area (Å²) < 4.78 is 20.2. The molecule has 0 saturated heterocycles. The van der Waals surface area contributed by atoms with Crippen LogP contribution in [0.5, 0.6) is 0 Å². The van der Waals surface area contributed by atoms with Gasteiger partial charge in [0.1, 0.15) is 5.82 Å². The van der Waals surface area contributed by atoms with E-state index in [4.69, 9.17) is 4.43 Å². The van der Waals surface area contributed by atoms with Crippen LogP contribution in [-0.4, -0.2) is 16.4 Å². The molecule has 0 radical (unpaired) electrons. The summed E-state index contributed by atoms with van der Waals surface area (Å²) in [6.07, 6.45) is 5.37. The third kappa shape index (κ3) is 6.76. The number of allylic oxidation sites excluding steroid dienone is 1. The van der Waals surface area contributed by atoms with Gasteiger partial charge < -0.3 is 4.43 Å². The third-order valence-electron chi connectivity index (χ3n) is 6.19. The lowest BCUT2D eigenvalue weighted by molar-refractivity contribution is 0.186. The zero-order valence-electron chi connectivity index (χ0n) is 19.1. The minimum atomic E-state index is -1.93. The fourth-order valence-corrected chi connectivity index (χ4v) is 6.45. The van der Waals surface area contributed by atoms with Crippen molar-refractivity contribution in [2.24, 2.45) is 0 Å². The summed E-state index contributed by atoms with van der Waals surface area (Å²) in [5.41, 5.74) is 1.06. The van der Waals surface area contributed by atoms with Gasteiger partial charge in [0.25, 0.3) is 0 Å². The Morgan fingerprint density at radius 1 is 0.897 bits per heavy atom. The number of rotatable bonds is 8. The molecule has 0 aliphatic heterocycles. The van der Waals surface area contributed by atoms with Gasteiger partial charge in [-0.3, -0.25) is 0 Å². The van der Waals surface area contributed by atoms with Crippen LogP contribution in [0.3, 0.4) is 0 Å². The highest BCUT2D eigenvalue weighted by Gasteiger charge is 2.39. The molecule has 1 unspecified atom stereocenters. The standard InChI is InChI=1S/C25H37FOSi2/c1-25(2,3)29(6,7)27-24(21-16-18-22(26)19-17-21)15-11-12-20-28(4,5)23-13-9-8-10-14-23/h8-14,16-19,24H,15,20H2,1-7H3/b12-11-. The van der Waals surface area contributed by atoms with E-state index in [0.29, 0.717) is 0 Å². The van der Waals surface area contributed by atoms with Gasteiger partial charge in [-0.25, -0.2) is 4.39 Å². The van der Waals surface area contributed by atoms with Crippen LogP contribution in [0.2, 0.25) is 37.3 Å². The molecule has 0 fully saturated rings. The maximum Gasteiger partial charge on any atom is 0.192 e. The van der Waals surface area contributed by atoms with Gasteiger partial charge in [-0.05, 0) is 48.3 Å². The lowest BCUT2D eigenvalue weighted by atomic mass is 10.1. The van der Waals surface area contributed by atoms with E-state index >= 15 is 0 Å². The maximum absolute atomic E-state index is 13.4. The SMILES string of the molecule is CC(C)(C)[Si](C)(C)OC(C/C=C\C[Si](C)(C)c1ccccc1)c1ccc(F)cc1. The van der Waals surface area contributed by atoms with Crippen molar-refractivity contribution >= 4 is 21.6 Å². The van der Waals surface area contributed by atoms with E-state index in [2.05, 4.69) is 89.4 Å². The van der Waals surface area contributed by atoms with Gasteiger partial charge in [0.05, 0.1) is 14.2 Å². The van der Waals surface area contributed by atoms with Crippen molar-refractivity contribution in [1.29, 1.82) is 0 Å². The monoisotopic (exact) mass is 428 g/mol. The van der Waals surface area contributed by atoms with Gasteiger partial charge in [-0.15, -0.1) is 0 Å². The van der Waals surface area contributed by atoms with Crippen LogP contribution in [0, 0.1) is 5.82 Å². The average molecular weight is 429 g/mol. The van der Waals surface area contributed by atoms with Crippen LogP contribution in [0.15, 0.2) is 66.7 Å². The largest absolute Gasteiger partial charge is 0.410 e. The Bertz CT molecular complexity index is 790. The van der Waals surface area contributed by atoms with E-state index in [1.807, 2.05) is 12.1 Å². The summed E-state index contributed by atoms with van der Waals surface area (Å²) in [6.45, 7) is 16.1. The summed E-state index contributed by atoms with van der Waals surface area (Å²) in [6, 6.07) is 18.7. The third-order valence-corrected chi connectivity index (χ3v) is 13.8. The molecular formula is C25H37FOSi2. The molecule has 2 aromatic rings. The topological polar surface area (TPSA) is 9.23 Å². The molecule has 4 heteroatoms. The molecule has 2 rings (SSSR count). The molecule has 0 bridgehead atoms. The Kier molecular flexibility index (Phi) is 7.82. The molecule has 1 nitrogen and oxygen atoms in total. The normalized spacial score (nSPS) is 14.3. The van der Waals surface area contributed by atoms with Gasteiger partial charge in [0, 0.05) is 0 Å². The van der Waals surface area contributed by atoms with E-state index in [9.17, 15) is 4.39 Å². The molecule has 0 aliphatic rings. The molecule has 2 aromatic carbocycles. The molecule has 0 amide bonds. The first-order chi connectivity index (χ1) is 13.4. The number of benzene rings is 2. The van der Waals surface area contributed by atoms with Crippen molar-refractivity contribution < 1.29 is 8.82 Å². The van der Waals surface area contributed by atoms with Crippen LogP contribution < -0.4 is 5.19 Å². The van der Waals surface area contributed by atoms with Crippen molar-refractivity contribution in [3.05, 3.63) is 78.1 Å². The molecule has 1 atom stereocenters. The van der Waals surface area contributed by atoms with Crippen LogP contribution in [0.1, 0.15) is 38.9 Å². The maximum atomic E-state index is 13.4. The van der Waals surface area contributed by atoms with E-state index in [1.54, 1.807) is 0 Å². The molecule has 0 N–H and O–H groups in total. The Morgan fingerprint density at radius 2 is 1.48 bits per heavy atom. The average Bonchev–Trinajstić information content (AvgIpc) is 2.64. The Labute approximate surface area is 179 Å². The van der Waals surface area contributed by atoms with Crippen LogP contribution in [-0.2, 0) is 4.43 Å². The predicted molar refractivity (Wildman–Crippen MR) is 130 cm³/mol. The van der Waals surface area contributed by atoms with Gasteiger partial charge in [0.15, 0.2) is 8.32 Å². The van der Waals surface area contributed by atoms with E-state index in [-0.39, 0.29) is 17.0 Å². The van der Waals surface area contributed by atoms with E-state index in [0.717, 1.165) is 18.0 Å². The van der Waals surface area contributed by atoms with Crippen LogP contribution >= 0.6 is 0 Å². The summed E-state index contributed by atoms with van der Waals surface area (Å²) in [5.74, 6) is -0.203. The van der Waals surface area contributed by atoms with Gasteiger partial charge in [-0.1, -0.05) is 93.7 Å². The zero-order valence-corrected chi connectivity index (χ0v) is 21.1. The summed E-state index contributed by atoms with van der Waals surface area (Å²) in [4.78, 5) is 0. The minimum Gasteiger partial charge on any atom is -0.410 e. The molecular weight excluding hydrogens is 391 g/mol. The van der Waals surface area contributed by atoms with Crippen molar-refractivity contribution in [2.75, 3.05) is 0 Å². The first-order valence-corrected chi connectivity index (χ1v) is 16.7. The minimum absolute atomic E-state index is 0.0331. The number of hydrogen-bond acceptors (Lipinski definition) is 1. The second-order valence-corrected chi connectivity index (χ2v) is 19.6. The second-order valence-electron chi connectivity index (χ2n) is 10.1. The number of hydrogen-bond donors (Lipinski definition) is 0. The molecule has 0 spiro atoms. The predicted octanol–water partition coefficient (Wildman–Crippen LogP) is 7.45. The van der Waals surface area contributed by atoms with Crippen LogP contribution in [0.25, 0.3) is 0 Å². The van der Waals surface area contributed by atoms with Crippen molar-refractivity contribution in [1.82, 2.24) is 0 Å². The lowest BCUT2D eigenvalue weighted by Crippen LogP contribution is -2.41. The van der Waals surface area contributed by atoms with E-state index in [1.165, 1.54) is 17.3 Å². The molecule has 29 heavy (non-hydrogen) atoms. The summed E-state index contributed by atoms with van der Waals surface area (Å²) in [7, 11) is -3.42. The van der Waals surface area contributed by atoms with Crippen molar-refractivity contribution in [3.8, 4) is 0 Å². The first-order valence-electron chi connectivity index (χ1n) is 10.6. The summed E-state index contributed by atoms with van der Waals surface area (Å²) in [5, 5.41) is 1.62. The molecule has 0 aliphatic carbocycles. The first kappa shape index (κ1) is 23.8. The van der Waals surface area contributed by atoms with Crippen molar-refractivity contribution in [3.63, 3.8) is 0 Å². The van der Waals surface area contributed by atoms with Crippen LogP contribution in [0.4, 0.5) is 4.39 Å². The van der Waals surface area contributed by atoms with Gasteiger partial charge in [-0.2, -0.15) is 0 Å². The fourth-order valence-electron chi connectivity index (χ4n) is 3.07. The zero-order chi connectivity index (χ0) is 21.7. The Balaban J connectivity index is 2.13. The highest BCUT2D eigenvalue weighted by Crippen LogP contribution is 2.40. The Hall–Kier alpha value is -1.50. The second kappa shape index (κ2) is 9.54. The highest BCUT2D eigenvalue weighted by molar-refractivity contribution is 6.90. The molecule has 0 aromatic heterocycles. The summed E-state index contributed by atoms with van der Waals surface area (Å²) >= 11 is 0. The van der Waals surface area contributed by atoms with Gasteiger partial charge >= 0.3 is 0 Å². The van der Waals surface area contributed by atoms with Gasteiger partial charge in [0.2, 0.25) is 0 Å². The highest BCUT2D eigenvalue weighted by atomic mass is 28.4. The quantitative estimate of drug-likeness (QED) is 0.313. The molecule has 0 saturated carbocycles. The fraction of sp³-hybridized carbons (Fsp3) is 0.440. The Morgan fingerprint density at radius 3 is 2.03 bits per heavy atom. The van der Waals surface area contributed by atoms with Crippen molar-refractivity contribution in [2.45, 2.75) is 70.6 Å². The number of halogens is 1. The molecule has 0 heterocycles. The lowest BCUT2D eigenvalue weighted by Gasteiger charge is -2.39.